The first-order valence-electron chi connectivity index (χ1n) is 8.04. The smallest absolute Gasteiger partial charge is 0.260 e. The van der Waals surface area contributed by atoms with Crippen molar-refractivity contribution >= 4 is 44.8 Å². The molecule has 4 rings (SSSR count). The highest BCUT2D eigenvalue weighted by Gasteiger charge is 2.17. The van der Waals surface area contributed by atoms with Crippen LogP contribution in [0.3, 0.4) is 0 Å². The molecular formula is C20H14Cl2N2OS. The van der Waals surface area contributed by atoms with Crippen LogP contribution in [0.5, 0.6) is 0 Å². The van der Waals surface area contributed by atoms with E-state index in [0.717, 1.165) is 26.4 Å². The predicted molar refractivity (Wildman–Crippen MR) is 110 cm³/mol. The lowest BCUT2D eigenvalue weighted by molar-refractivity contribution is 0.977. The second-order valence-corrected chi connectivity index (χ2v) is 8.03. The number of thiophene rings is 1. The molecule has 0 saturated heterocycles. The number of hydrogen-bond donors (Lipinski definition) is 1. The molecule has 0 saturated carbocycles. The largest absolute Gasteiger partial charge is 0.310 e. The number of fused-ring (bicyclic) bond motifs is 1. The van der Waals surface area contributed by atoms with E-state index in [1.54, 1.807) is 12.1 Å². The monoisotopic (exact) mass is 400 g/mol. The van der Waals surface area contributed by atoms with E-state index in [9.17, 15) is 4.79 Å². The molecule has 0 radical (unpaired) electrons. The molecule has 0 atom stereocenters. The fraction of sp³-hybridized carbons (Fsp3) is 0.100. The Bertz CT molecular complexity index is 1170. The van der Waals surface area contributed by atoms with Gasteiger partial charge in [-0.2, -0.15) is 0 Å². The van der Waals surface area contributed by atoms with Gasteiger partial charge in [-0.05, 0) is 30.2 Å². The number of halogens is 2. The Hall–Kier alpha value is -2.14. The third kappa shape index (κ3) is 3.16. The maximum atomic E-state index is 12.8. The van der Waals surface area contributed by atoms with Crippen LogP contribution in [0, 0.1) is 6.92 Å². The zero-order valence-corrected chi connectivity index (χ0v) is 16.2. The van der Waals surface area contributed by atoms with Crippen LogP contribution >= 0.6 is 34.5 Å². The zero-order valence-electron chi connectivity index (χ0n) is 13.8. The average Bonchev–Trinajstić information content (AvgIpc) is 2.95. The highest BCUT2D eigenvalue weighted by Crippen LogP contribution is 2.37. The summed E-state index contributed by atoms with van der Waals surface area (Å²) in [5.41, 5.74) is 2.70. The highest BCUT2D eigenvalue weighted by atomic mass is 35.5. The Labute approximate surface area is 164 Å². The molecule has 0 amide bonds. The first-order valence-corrected chi connectivity index (χ1v) is 9.62. The summed E-state index contributed by atoms with van der Waals surface area (Å²) in [6.45, 7) is 1.99. The van der Waals surface area contributed by atoms with Crippen molar-refractivity contribution in [1.29, 1.82) is 0 Å². The van der Waals surface area contributed by atoms with E-state index in [1.807, 2.05) is 43.3 Å². The third-order valence-electron chi connectivity index (χ3n) is 4.21. The van der Waals surface area contributed by atoms with Crippen molar-refractivity contribution in [1.82, 2.24) is 9.97 Å². The number of nitrogens with zero attached hydrogens (tertiary/aromatic N) is 1. The molecule has 0 unspecified atom stereocenters. The van der Waals surface area contributed by atoms with Gasteiger partial charge in [0.2, 0.25) is 0 Å². The Morgan fingerprint density at radius 3 is 2.58 bits per heavy atom. The fourth-order valence-electron chi connectivity index (χ4n) is 3.04. The molecule has 0 aliphatic carbocycles. The van der Waals surface area contributed by atoms with Gasteiger partial charge in [0.15, 0.2) is 0 Å². The fourth-order valence-corrected chi connectivity index (χ4v) is 4.40. The van der Waals surface area contributed by atoms with Crippen molar-refractivity contribution in [3.8, 4) is 11.1 Å². The number of nitrogens with one attached hydrogen (secondary N) is 1. The number of H-pyrrole nitrogens is 1. The normalized spacial score (nSPS) is 11.2. The number of hydrogen-bond acceptors (Lipinski definition) is 3. The number of aryl methyl sites for hydroxylation is 1. The van der Waals surface area contributed by atoms with E-state index in [1.165, 1.54) is 11.3 Å². The zero-order chi connectivity index (χ0) is 18.3. The minimum atomic E-state index is -0.133. The molecule has 2 heterocycles. The maximum absolute atomic E-state index is 12.8. The summed E-state index contributed by atoms with van der Waals surface area (Å²) in [7, 11) is 0. The van der Waals surface area contributed by atoms with Gasteiger partial charge in [-0.3, -0.25) is 4.79 Å². The van der Waals surface area contributed by atoms with Gasteiger partial charge >= 0.3 is 0 Å². The quantitative estimate of drug-likeness (QED) is 0.468. The highest BCUT2D eigenvalue weighted by molar-refractivity contribution is 7.19. The van der Waals surface area contributed by atoms with E-state index in [-0.39, 0.29) is 5.56 Å². The van der Waals surface area contributed by atoms with Gasteiger partial charge in [-0.15, -0.1) is 11.3 Å². The number of aromatic amines is 1. The van der Waals surface area contributed by atoms with Crippen molar-refractivity contribution in [3.63, 3.8) is 0 Å². The van der Waals surface area contributed by atoms with Crippen molar-refractivity contribution in [2.24, 2.45) is 0 Å². The maximum Gasteiger partial charge on any atom is 0.260 e. The number of rotatable bonds is 3. The molecule has 0 fully saturated rings. The SMILES string of the molecule is Cc1sc2nc(Cc3ccccc3)[nH]c(=O)c2c1-c1ccc(Cl)c(Cl)c1. The lowest BCUT2D eigenvalue weighted by atomic mass is 10.0. The van der Waals surface area contributed by atoms with Crippen molar-refractivity contribution in [3.05, 3.63) is 85.2 Å². The molecule has 0 spiro atoms. The summed E-state index contributed by atoms with van der Waals surface area (Å²) < 4.78 is 0. The minimum Gasteiger partial charge on any atom is -0.310 e. The first kappa shape index (κ1) is 17.3. The van der Waals surface area contributed by atoms with Crippen LogP contribution in [-0.2, 0) is 6.42 Å². The number of aromatic nitrogens is 2. The van der Waals surface area contributed by atoms with E-state index in [0.29, 0.717) is 27.7 Å². The standard InChI is InChI=1S/C20H14Cl2N2OS/c1-11-17(13-7-8-14(21)15(22)10-13)18-19(25)23-16(24-20(18)26-11)9-12-5-3-2-4-6-12/h2-8,10H,9H2,1H3,(H,23,24,25). The van der Waals surface area contributed by atoms with E-state index >= 15 is 0 Å². The van der Waals surface area contributed by atoms with Crippen LogP contribution in [-0.4, -0.2) is 9.97 Å². The minimum absolute atomic E-state index is 0.133. The Morgan fingerprint density at radius 1 is 1.08 bits per heavy atom. The first-order chi connectivity index (χ1) is 12.5. The summed E-state index contributed by atoms with van der Waals surface area (Å²) in [4.78, 5) is 22.2. The van der Waals surface area contributed by atoms with Crippen molar-refractivity contribution in [2.75, 3.05) is 0 Å². The average molecular weight is 401 g/mol. The molecule has 4 aromatic rings. The predicted octanol–water partition coefficient (Wildman–Crippen LogP) is 5.86. The molecule has 26 heavy (non-hydrogen) atoms. The van der Waals surface area contributed by atoms with E-state index < -0.39 is 0 Å². The van der Waals surface area contributed by atoms with Crippen LogP contribution in [0.2, 0.25) is 10.0 Å². The van der Waals surface area contributed by atoms with Crippen molar-refractivity contribution < 1.29 is 0 Å². The van der Waals surface area contributed by atoms with Gasteiger partial charge in [0, 0.05) is 16.9 Å². The van der Waals surface area contributed by atoms with Crippen LogP contribution < -0.4 is 5.56 Å². The molecule has 6 heteroatoms. The molecule has 0 aliphatic rings. The van der Waals surface area contributed by atoms with Gasteiger partial charge in [-0.1, -0.05) is 59.6 Å². The molecule has 130 valence electrons. The molecule has 0 bridgehead atoms. The van der Waals surface area contributed by atoms with Crippen molar-refractivity contribution in [2.45, 2.75) is 13.3 Å². The van der Waals surface area contributed by atoms with Gasteiger partial charge < -0.3 is 4.98 Å². The van der Waals surface area contributed by atoms with Gasteiger partial charge in [0.1, 0.15) is 10.7 Å². The topological polar surface area (TPSA) is 45.8 Å². The Kier molecular flexibility index (Phi) is 4.57. The molecular weight excluding hydrogens is 387 g/mol. The van der Waals surface area contributed by atoms with E-state index in [4.69, 9.17) is 23.2 Å². The Morgan fingerprint density at radius 2 is 1.85 bits per heavy atom. The molecule has 3 nitrogen and oxygen atoms in total. The van der Waals surface area contributed by atoms with E-state index in [2.05, 4.69) is 9.97 Å². The van der Waals surface area contributed by atoms with Crippen LogP contribution in [0.4, 0.5) is 0 Å². The van der Waals surface area contributed by atoms with Crippen LogP contribution in [0.25, 0.3) is 21.3 Å². The summed E-state index contributed by atoms with van der Waals surface area (Å²) in [5.74, 6) is 0.663. The molecule has 1 N–H and O–H groups in total. The lowest BCUT2D eigenvalue weighted by Crippen LogP contribution is -2.11. The summed E-state index contributed by atoms with van der Waals surface area (Å²) in [6, 6.07) is 15.4. The van der Waals surface area contributed by atoms with Gasteiger partial charge in [0.25, 0.3) is 5.56 Å². The molecule has 2 aromatic carbocycles. The summed E-state index contributed by atoms with van der Waals surface area (Å²) in [5, 5.41) is 1.56. The second kappa shape index (κ2) is 6.88. The lowest BCUT2D eigenvalue weighted by Gasteiger charge is -2.05. The Balaban J connectivity index is 1.85. The summed E-state index contributed by atoms with van der Waals surface area (Å²) in [6.07, 6.45) is 0.588. The number of benzene rings is 2. The third-order valence-corrected chi connectivity index (χ3v) is 5.95. The summed E-state index contributed by atoms with van der Waals surface area (Å²) >= 11 is 13.7. The van der Waals surface area contributed by atoms with Crippen LogP contribution in [0.1, 0.15) is 16.3 Å². The molecule has 2 aromatic heterocycles. The van der Waals surface area contributed by atoms with Gasteiger partial charge in [0.05, 0.1) is 15.4 Å². The molecule has 0 aliphatic heterocycles. The van der Waals surface area contributed by atoms with Gasteiger partial charge in [-0.25, -0.2) is 4.98 Å². The second-order valence-electron chi connectivity index (χ2n) is 6.02. The van der Waals surface area contributed by atoms with Crippen LogP contribution in [0.15, 0.2) is 53.3 Å².